The van der Waals surface area contributed by atoms with Crippen LogP contribution < -0.4 is 0 Å². The molecule has 1 aliphatic carbocycles. The van der Waals surface area contributed by atoms with Crippen LogP contribution in [0.3, 0.4) is 0 Å². The van der Waals surface area contributed by atoms with Gasteiger partial charge in [-0.25, -0.2) is 19.3 Å². The van der Waals surface area contributed by atoms with Gasteiger partial charge in [-0.2, -0.15) is 0 Å². The molecule has 1 fully saturated rings. The highest BCUT2D eigenvalue weighted by atomic mass is 35.5. The van der Waals surface area contributed by atoms with Crippen molar-refractivity contribution in [1.29, 1.82) is 0 Å². The van der Waals surface area contributed by atoms with Crippen LogP contribution in [0.25, 0.3) is 22.3 Å². The summed E-state index contributed by atoms with van der Waals surface area (Å²) in [7, 11) is 0. The Morgan fingerprint density at radius 3 is 2.68 bits per heavy atom. The minimum absolute atomic E-state index is 0.0362. The quantitative estimate of drug-likeness (QED) is 0.236. The zero-order chi connectivity index (χ0) is 23.8. The highest BCUT2D eigenvalue weighted by Crippen LogP contribution is 2.35. The Morgan fingerprint density at radius 2 is 1.94 bits per heavy atom. The summed E-state index contributed by atoms with van der Waals surface area (Å²) < 4.78 is 16.4. The second-order valence-corrected chi connectivity index (χ2v) is 9.67. The monoisotopic (exact) mass is 497 g/mol. The number of carbonyl (C=O) groups excluding carboxylic acids is 1. The van der Waals surface area contributed by atoms with Crippen LogP contribution in [0.4, 0.5) is 4.39 Å². The molecule has 34 heavy (non-hydrogen) atoms. The molecule has 0 unspecified atom stereocenters. The average molecular weight is 498 g/mol. The van der Waals surface area contributed by atoms with E-state index in [4.69, 9.17) is 23.2 Å². The van der Waals surface area contributed by atoms with Crippen LogP contribution in [-0.2, 0) is 6.54 Å². The Bertz CT molecular complexity index is 1380. The first-order valence-electron chi connectivity index (χ1n) is 11.2. The molecular weight excluding hydrogens is 476 g/mol. The molecule has 4 aromatic rings. The van der Waals surface area contributed by atoms with Crippen molar-refractivity contribution >= 4 is 40.0 Å². The second kappa shape index (κ2) is 9.39. The molecule has 0 atom stereocenters. The number of nitrogens with zero attached hydrogens (tertiary/aromatic N) is 5. The van der Waals surface area contributed by atoms with Gasteiger partial charge in [0.05, 0.1) is 21.7 Å². The predicted molar refractivity (Wildman–Crippen MR) is 130 cm³/mol. The predicted octanol–water partition coefficient (Wildman–Crippen LogP) is 6.39. The molecule has 0 saturated heterocycles. The fraction of sp³-hybridized carbons (Fsp3) is 0.320. The average Bonchev–Trinajstić information content (AvgIpc) is 3.17. The molecule has 1 aliphatic rings. The Kier molecular flexibility index (Phi) is 6.32. The van der Waals surface area contributed by atoms with Crippen LogP contribution in [0.5, 0.6) is 0 Å². The number of fused-ring (bicyclic) bond motifs is 1. The Hall–Kier alpha value is -2.90. The highest BCUT2D eigenvalue weighted by Gasteiger charge is 2.27. The standard InChI is InChI=1S/C25H22Cl2FN5O/c1-14-4-6-15(7-5-14)13-33-20(24(34)22-18(28)3-2-8-30-22)10-19-23(33)21(32-25(27)31-19)16-9-17(26)12-29-11-16/h2-3,8-12,14-15H,4-7,13H2,1H3/t14-,15-. The number of ketones is 1. The first-order valence-corrected chi connectivity index (χ1v) is 12.0. The maximum Gasteiger partial charge on any atom is 0.230 e. The van der Waals surface area contributed by atoms with Crippen molar-refractivity contribution in [2.45, 2.75) is 39.2 Å². The molecule has 0 aromatic carbocycles. The van der Waals surface area contributed by atoms with Gasteiger partial charge >= 0.3 is 0 Å². The van der Waals surface area contributed by atoms with Crippen LogP contribution in [-0.4, -0.2) is 30.3 Å². The summed E-state index contributed by atoms with van der Waals surface area (Å²) in [5.74, 6) is -0.115. The van der Waals surface area contributed by atoms with E-state index in [9.17, 15) is 9.18 Å². The smallest absolute Gasteiger partial charge is 0.230 e. The lowest BCUT2D eigenvalue weighted by molar-refractivity contribution is 0.102. The molecule has 6 nitrogen and oxygen atoms in total. The fourth-order valence-corrected chi connectivity index (χ4v) is 5.05. The summed E-state index contributed by atoms with van der Waals surface area (Å²) in [6.07, 6.45) is 8.95. The number of rotatable bonds is 5. The van der Waals surface area contributed by atoms with E-state index < -0.39 is 11.6 Å². The lowest BCUT2D eigenvalue weighted by Crippen LogP contribution is -2.21. The molecule has 9 heteroatoms. The minimum atomic E-state index is -0.667. The second-order valence-electron chi connectivity index (χ2n) is 8.90. The van der Waals surface area contributed by atoms with E-state index >= 15 is 0 Å². The number of pyridine rings is 2. The van der Waals surface area contributed by atoms with Gasteiger partial charge in [0.1, 0.15) is 11.4 Å². The molecule has 0 radical (unpaired) electrons. The summed E-state index contributed by atoms with van der Waals surface area (Å²) in [4.78, 5) is 30.5. The lowest BCUT2D eigenvalue weighted by atomic mass is 9.83. The first-order chi connectivity index (χ1) is 16.4. The molecule has 4 aromatic heterocycles. The third-order valence-electron chi connectivity index (χ3n) is 6.48. The number of hydrogen-bond donors (Lipinski definition) is 0. The highest BCUT2D eigenvalue weighted by molar-refractivity contribution is 6.31. The van der Waals surface area contributed by atoms with E-state index in [1.54, 1.807) is 18.3 Å². The van der Waals surface area contributed by atoms with E-state index in [0.29, 0.717) is 51.4 Å². The molecule has 1 saturated carbocycles. The maximum atomic E-state index is 14.5. The zero-order valence-electron chi connectivity index (χ0n) is 18.5. The van der Waals surface area contributed by atoms with Gasteiger partial charge in [0.2, 0.25) is 11.1 Å². The molecule has 0 bridgehead atoms. The Labute approximate surface area is 206 Å². The SMILES string of the molecule is C[C@H]1CC[C@H](Cn2c(C(=O)c3ncccc3F)cc3nc(Cl)nc(-c4cncc(Cl)c4)c32)CC1. The lowest BCUT2D eigenvalue weighted by Gasteiger charge is -2.27. The van der Waals surface area contributed by atoms with Crippen molar-refractivity contribution in [3.8, 4) is 11.3 Å². The van der Waals surface area contributed by atoms with E-state index in [-0.39, 0.29) is 11.0 Å². The molecule has 0 N–H and O–H groups in total. The van der Waals surface area contributed by atoms with Gasteiger partial charge < -0.3 is 4.57 Å². The van der Waals surface area contributed by atoms with Crippen molar-refractivity contribution in [1.82, 2.24) is 24.5 Å². The molecule has 0 spiro atoms. The maximum absolute atomic E-state index is 14.5. The molecular formula is C25H22Cl2FN5O. The minimum Gasteiger partial charge on any atom is -0.334 e. The van der Waals surface area contributed by atoms with Crippen molar-refractivity contribution in [2.24, 2.45) is 11.8 Å². The van der Waals surface area contributed by atoms with Crippen LogP contribution in [0.15, 0.2) is 42.9 Å². The molecule has 4 heterocycles. The van der Waals surface area contributed by atoms with E-state index in [0.717, 1.165) is 25.7 Å². The zero-order valence-corrected chi connectivity index (χ0v) is 20.0. The Balaban J connectivity index is 1.72. The number of halogens is 3. The van der Waals surface area contributed by atoms with Crippen LogP contribution in [0.2, 0.25) is 10.3 Å². The van der Waals surface area contributed by atoms with Gasteiger partial charge in [0, 0.05) is 30.7 Å². The van der Waals surface area contributed by atoms with E-state index in [1.165, 1.54) is 24.5 Å². The van der Waals surface area contributed by atoms with E-state index in [2.05, 4.69) is 26.9 Å². The fourth-order valence-electron chi connectivity index (χ4n) is 4.70. The third kappa shape index (κ3) is 4.42. The summed E-state index contributed by atoms with van der Waals surface area (Å²) in [6.45, 7) is 2.85. The van der Waals surface area contributed by atoms with Gasteiger partial charge in [0.15, 0.2) is 5.82 Å². The molecule has 174 valence electrons. The van der Waals surface area contributed by atoms with Crippen molar-refractivity contribution in [3.05, 3.63) is 70.4 Å². The third-order valence-corrected chi connectivity index (χ3v) is 6.85. The number of hydrogen-bond acceptors (Lipinski definition) is 5. The van der Waals surface area contributed by atoms with Crippen molar-refractivity contribution in [2.75, 3.05) is 0 Å². The molecule has 0 aliphatic heterocycles. The first kappa shape index (κ1) is 22.9. The Morgan fingerprint density at radius 1 is 1.15 bits per heavy atom. The van der Waals surface area contributed by atoms with Gasteiger partial charge in [-0.05, 0) is 60.5 Å². The number of aromatic nitrogens is 5. The summed E-state index contributed by atoms with van der Waals surface area (Å²) in [6, 6.07) is 6.08. The van der Waals surface area contributed by atoms with Gasteiger partial charge in [-0.1, -0.05) is 31.4 Å². The van der Waals surface area contributed by atoms with Crippen molar-refractivity contribution < 1.29 is 9.18 Å². The summed E-state index contributed by atoms with van der Waals surface area (Å²) >= 11 is 12.5. The molecule has 0 amide bonds. The van der Waals surface area contributed by atoms with E-state index in [1.807, 2.05) is 4.57 Å². The topological polar surface area (TPSA) is 73.6 Å². The largest absolute Gasteiger partial charge is 0.334 e. The van der Waals surface area contributed by atoms with Crippen LogP contribution in [0, 0.1) is 17.7 Å². The normalized spacial score (nSPS) is 18.4. The van der Waals surface area contributed by atoms with Gasteiger partial charge in [-0.3, -0.25) is 9.78 Å². The van der Waals surface area contributed by atoms with Crippen LogP contribution >= 0.6 is 23.2 Å². The summed E-state index contributed by atoms with van der Waals surface area (Å²) in [5.41, 5.74) is 2.40. The van der Waals surface area contributed by atoms with Gasteiger partial charge in [-0.15, -0.1) is 0 Å². The van der Waals surface area contributed by atoms with Gasteiger partial charge in [0.25, 0.3) is 0 Å². The summed E-state index contributed by atoms with van der Waals surface area (Å²) in [5, 5.41) is 0.487. The molecule has 5 rings (SSSR count). The van der Waals surface area contributed by atoms with Crippen LogP contribution in [0.1, 0.15) is 48.8 Å². The number of carbonyl (C=O) groups is 1. The van der Waals surface area contributed by atoms with Crippen molar-refractivity contribution in [3.63, 3.8) is 0 Å².